The van der Waals surface area contributed by atoms with Crippen LogP contribution in [0.25, 0.3) is 0 Å². The van der Waals surface area contributed by atoms with E-state index in [1.165, 1.54) is 45.7 Å². The van der Waals surface area contributed by atoms with Gasteiger partial charge in [-0.2, -0.15) is 0 Å². The van der Waals surface area contributed by atoms with Gasteiger partial charge >= 0.3 is 0 Å². The SMILES string of the molecule is CCCC(NC(C)=O)C(=O)NCC1(CN2CCCC2)CC1. The average Bonchev–Trinajstić information content (AvgIpc) is 3.00. The summed E-state index contributed by atoms with van der Waals surface area (Å²) in [7, 11) is 0. The Balaban J connectivity index is 1.77. The molecule has 5 nitrogen and oxygen atoms in total. The Morgan fingerprint density at radius 2 is 1.90 bits per heavy atom. The van der Waals surface area contributed by atoms with Crippen LogP contribution >= 0.6 is 0 Å². The van der Waals surface area contributed by atoms with Crippen molar-refractivity contribution in [3.63, 3.8) is 0 Å². The minimum absolute atomic E-state index is 0.0280. The van der Waals surface area contributed by atoms with Gasteiger partial charge in [-0.25, -0.2) is 0 Å². The monoisotopic (exact) mass is 295 g/mol. The lowest BCUT2D eigenvalue weighted by molar-refractivity contribution is -0.128. The fraction of sp³-hybridized carbons (Fsp3) is 0.875. The van der Waals surface area contributed by atoms with Crippen LogP contribution in [0.15, 0.2) is 0 Å². The van der Waals surface area contributed by atoms with Crippen LogP contribution in [0.1, 0.15) is 52.4 Å². The maximum Gasteiger partial charge on any atom is 0.242 e. The molecule has 1 aliphatic carbocycles. The van der Waals surface area contributed by atoms with Crippen LogP contribution in [-0.4, -0.2) is 48.9 Å². The Morgan fingerprint density at radius 1 is 1.24 bits per heavy atom. The second-order valence-electron chi connectivity index (χ2n) is 6.74. The Bertz CT molecular complexity index is 374. The number of hydrogen-bond acceptors (Lipinski definition) is 3. The minimum Gasteiger partial charge on any atom is -0.354 e. The predicted octanol–water partition coefficient (Wildman–Crippen LogP) is 1.28. The molecule has 1 unspecified atom stereocenters. The summed E-state index contributed by atoms with van der Waals surface area (Å²) in [5, 5.41) is 5.82. The van der Waals surface area contributed by atoms with E-state index in [-0.39, 0.29) is 17.9 Å². The third kappa shape index (κ3) is 4.99. The van der Waals surface area contributed by atoms with E-state index in [1.54, 1.807) is 0 Å². The molecule has 0 aromatic rings. The molecule has 1 heterocycles. The topological polar surface area (TPSA) is 61.4 Å². The van der Waals surface area contributed by atoms with Crippen molar-refractivity contribution < 1.29 is 9.59 Å². The van der Waals surface area contributed by atoms with E-state index in [2.05, 4.69) is 15.5 Å². The number of nitrogens with one attached hydrogen (secondary N) is 2. The molecule has 2 fully saturated rings. The Hall–Kier alpha value is -1.10. The van der Waals surface area contributed by atoms with Crippen molar-refractivity contribution in [2.24, 2.45) is 5.41 Å². The molecular formula is C16H29N3O2. The van der Waals surface area contributed by atoms with Crippen molar-refractivity contribution in [3.8, 4) is 0 Å². The fourth-order valence-electron chi connectivity index (χ4n) is 3.18. The summed E-state index contributed by atoms with van der Waals surface area (Å²) >= 11 is 0. The molecule has 0 aromatic heterocycles. The quantitative estimate of drug-likeness (QED) is 0.709. The van der Waals surface area contributed by atoms with Gasteiger partial charge in [0.15, 0.2) is 0 Å². The number of carbonyl (C=O) groups excluding carboxylic acids is 2. The molecular weight excluding hydrogens is 266 g/mol. The minimum atomic E-state index is -0.380. The standard InChI is InChI=1S/C16H29N3O2/c1-3-6-14(18-13(2)20)15(21)17-11-16(7-8-16)12-19-9-4-5-10-19/h14H,3-12H2,1-2H3,(H,17,21)(H,18,20). The molecule has 1 saturated heterocycles. The second-order valence-corrected chi connectivity index (χ2v) is 6.74. The summed E-state index contributed by atoms with van der Waals surface area (Å²) in [5.41, 5.74) is 0.299. The highest BCUT2D eigenvalue weighted by molar-refractivity contribution is 5.86. The van der Waals surface area contributed by atoms with E-state index >= 15 is 0 Å². The van der Waals surface area contributed by atoms with Crippen LogP contribution in [0.3, 0.4) is 0 Å². The van der Waals surface area contributed by atoms with Crippen molar-refractivity contribution in [2.45, 2.75) is 58.4 Å². The van der Waals surface area contributed by atoms with Gasteiger partial charge in [0, 0.05) is 25.4 Å². The largest absolute Gasteiger partial charge is 0.354 e. The third-order valence-electron chi connectivity index (χ3n) is 4.62. The van der Waals surface area contributed by atoms with Gasteiger partial charge in [0.05, 0.1) is 0 Å². The van der Waals surface area contributed by atoms with Crippen LogP contribution in [0.2, 0.25) is 0 Å². The lowest BCUT2D eigenvalue weighted by Gasteiger charge is -2.24. The van der Waals surface area contributed by atoms with Gasteiger partial charge in [0.25, 0.3) is 0 Å². The number of hydrogen-bond donors (Lipinski definition) is 2. The molecule has 2 amide bonds. The molecule has 0 radical (unpaired) electrons. The maximum atomic E-state index is 12.2. The zero-order valence-corrected chi connectivity index (χ0v) is 13.4. The number of amides is 2. The molecule has 120 valence electrons. The van der Waals surface area contributed by atoms with Gasteiger partial charge in [0.1, 0.15) is 6.04 Å². The van der Waals surface area contributed by atoms with Crippen molar-refractivity contribution in [1.29, 1.82) is 0 Å². The van der Waals surface area contributed by atoms with Gasteiger partial charge in [-0.05, 0) is 45.2 Å². The molecule has 1 aliphatic heterocycles. The summed E-state index contributed by atoms with van der Waals surface area (Å²) < 4.78 is 0. The van der Waals surface area contributed by atoms with Crippen molar-refractivity contribution in [3.05, 3.63) is 0 Å². The second kappa shape index (κ2) is 7.25. The van der Waals surface area contributed by atoms with Crippen molar-refractivity contribution in [2.75, 3.05) is 26.2 Å². The fourth-order valence-corrected chi connectivity index (χ4v) is 3.18. The van der Waals surface area contributed by atoms with E-state index < -0.39 is 0 Å². The molecule has 21 heavy (non-hydrogen) atoms. The lowest BCUT2D eigenvalue weighted by atomic mass is 10.1. The summed E-state index contributed by atoms with van der Waals surface area (Å²) in [6.07, 6.45) is 6.62. The average molecular weight is 295 g/mol. The maximum absolute atomic E-state index is 12.2. The van der Waals surface area contributed by atoms with E-state index in [9.17, 15) is 9.59 Å². The first-order chi connectivity index (χ1) is 10.0. The predicted molar refractivity (Wildman–Crippen MR) is 82.9 cm³/mol. The Morgan fingerprint density at radius 3 is 2.43 bits per heavy atom. The van der Waals surface area contributed by atoms with Crippen LogP contribution in [0.4, 0.5) is 0 Å². The first-order valence-electron chi connectivity index (χ1n) is 8.32. The zero-order chi connectivity index (χ0) is 15.3. The highest BCUT2D eigenvalue weighted by atomic mass is 16.2. The van der Waals surface area contributed by atoms with E-state index in [4.69, 9.17) is 0 Å². The van der Waals surface area contributed by atoms with Gasteiger partial charge in [-0.3, -0.25) is 9.59 Å². The Labute approximate surface area is 127 Å². The Kier molecular flexibility index (Phi) is 5.62. The van der Waals surface area contributed by atoms with Crippen LogP contribution < -0.4 is 10.6 Å². The lowest BCUT2D eigenvalue weighted by Crippen LogP contribution is -2.48. The summed E-state index contributed by atoms with van der Waals surface area (Å²) in [4.78, 5) is 25.9. The van der Waals surface area contributed by atoms with Crippen LogP contribution in [-0.2, 0) is 9.59 Å². The zero-order valence-electron chi connectivity index (χ0n) is 13.4. The molecule has 0 bridgehead atoms. The molecule has 2 N–H and O–H groups in total. The molecule has 0 spiro atoms. The summed E-state index contributed by atoms with van der Waals surface area (Å²) in [5.74, 6) is -0.165. The number of nitrogens with zero attached hydrogens (tertiary/aromatic N) is 1. The normalized spacial score (nSPS) is 21.8. The van der Waals surface area contributed by atoms with Gasteiger partial charge < -0.3 is 15.5 Å². The smallest absolute Gasteiger partial charge is 0.242 e. The van der Waals surface area contributed by atoms with Crippen molar-refractivity contribution >= 4 is 11.8 Å². The first-order valence-corrected chi connectivity index (χ1v) is 8.32. The van der Waals surface area contributed by atoms with Crippen LogP contribution in [0.5, 0.6) is 0 Å². The van der Waals surface area contributed by atoms with Crippen molar-refractivity contribution in [1.82, 2.24) is 15.5 Å². The highest BCUT2D eigenvalue weighted by Gasteiger charge is 2.44. The highest BCUT2D eigenvalue weighted by Crippen LogP contribution is 2.46. The van der Waals surface area contributed by atoms with E-state index in [0.717, 1.165) is 19.5 Å². The summed E-state index contributed by atoms with van der Waals surface area (Å²) in [6, 6.07) is -0.380. The van der Waals surface area contributed by atoms with Gasteiger partial charge in [-0.15, -0.1) is 0 Å². The summed E-state index contributed by atoms with van der Waals surface area (Å²) in [6.45, 7) is 7.78. The van der Waals surface area contributed by atoms with Crippen LogP contribution in [0, 0.1) is 5.41 Å². The molecule has 2 rings (SSSR count). The molecule has 0 aromatic carbocycles. The number of carbonyl (C=O) groups is 2. The van der Waals surface area contributed by atoms with Gasteiger partial charge in [0.2, 0.25) is 11.8 Å². The number of likely N-dealkylation sites (tertiary alicyclic amines) is 1. The van der Waals surface area contributed by atoms with E-state index in [1.807, 2.05) is 6.92 Å². The first kappa shape index (κ1) is 16.3. The molecule has 1 atom stereocenters. The van der Waals surface area contributed by atoms with Gasteiger partial charge in [-0.1, -0.05) is 13.3 Å². The number of rotatable bonds is 8. The molecule has 5 heteroatoms. The third-order valence-corrected chi connectivity index (χ3v) is 4.62. The molecule has 1 saturated carbocycles. The van der Waals surface area contributed by atoms with E-state index in [0.29, 0.717) is 11.8 Å². The molecule has 2 aliphatic rings.